The molecule has 0 fully saturated rings. The molecule has 1 aromatic rings. The van der Waals surface area contributed by atoms with Crippen molar-refractivity contribution in [3.63, 3.8) is 0 Å². The van der Waals surface area contributed by atoms with Crippen molar-refractivity contribution in [1.82, 2.24) is 15.0 Å². The Morgan fingerprint density at radius 1 is 1.42 bits per heavy atom. The summed E-state index contributed by atoms with van der Waals surface area (Å²) >= 11 is 0. The summed E-state index contributed by atoms with van der Waals surface area (Å²) in [4.78, 5) is 11.2. The van der Waals surface area contributed by atoms with Crippen LogP contribution in [0.15, 0.2) is 0 Å². The van der Waals surface area contributed by atoms with Crippen molar-refractivity contribution in [3.8, 4) is 0 Å². The van der Waals surface area contributed by atoms with Crippen LogP contribution < -0.4 is 5.73 Å². The first-order valence-corrected chi connectivity index (χ1v) is 3.94. The minimum atomic E-state index is -1.65. The van der Waals surface area contributed by atoms with E-state index in [9.17, 15) is 4.39 Å². The zero-order valence-electron chi connectivity index (χ0n) is 6.87. The number of nitrogens with zero attached hydrogens (tertiary/aromatic N) is 3. The van der Waals surface area contributed by atoms with Crippen molar-refractivity contribution in [2.45, 2.75) is 19.3 Å². The maximum atomic E-state index is 13.2. The average molecular weight is 188 g/mol. The van der Waals surface area contributed by atoms with E-state index < -0.39 is 5.41 Å². The van der Waals surface area contributed by atoms with Gasteiger partial charge in [0.1, 0.15) is 5.82 Å². The molecule has 2 atom stereocenters. The third-order valence-electron chi connectivity index (χ3n) is 1.20. The summed E-state index contributed by atoms with van der Waals surface area (Å²) in [6.07, 6.45) is 0. The Morgan fingerprint density at radius 3 is 2.42 bits per heavy atom. The van der Waals surface area contributed by atoms with Crippen molar-refractivity contribution in [1.29, 1.82) is 0 Å². The molecule has 0 saturated heterocycles. The smallest absolute Gasteiger partial charge is 0.223 e. The van der Waals surface area contributed by atoms with Crippen molar-refractivity contribution in [3.05, 3.63) is 11.6 Å². The van der Waals surface area contributed by atoms with E-state index in [-0.39, 0.29) is 11.8 Å². The number of rotatable bonds is 1. The number of aryl methyl sites for hydroxylation is 1. The van der Waals surface area contributed by atoms with Gasteiger partial charge < -0.3 is 5.73 Å². The lowest BCUT2D eigenvalue weighted by molar-refractivity contribution is 0.305. The SMILES string of the molecule is Cc1nc(N)nc(C(C)(F)P)n1. The molecule has 1 heterocycles. The summed E-state index contributed by atoms with van der Waals surface area (Å²) in [5, 5.41) is -1.65. The first-order valence-electron chi connectivity index (χ1n) is 3.36. The largest absolute Gasteiger partial charge is 0.368 e. The van der Waals surface area contributed by atoms with Crippen LogP contribution in [0.4, 0.5) is 10.3 Å². The highest BCUT2D eigenvalue weighted by molar-refractivity contribution is 7.18. The van der Waals surface area contributed by atoms with Gasteiger partial charge in [0, 0.05) is 0 Å². The zero-order valence-corrected chi connectivity index (χ0v) is 8.03. The number of alkyl halides is 1. The molecular formula is C6H10FN4P. The Hall–Kier alpha value is -0.830. The van der Waals surface area contributed by atoms with E-state index in [2.05, 4.69) is 15.0 Å². The van der Waals surface area contributed by atoms with Crippen molar-refractivity contribution in [2.75, 3.05) is 5.73 Å². The van der Waals surface area contributed by atoms with Crippen molar-refractivity contribution in [2.24, 2.45) is 0 Å². The van der Waals surface area contributed by atoms with Crippen LogP contribution in [-0.2, 0) is 5.41 Å². The number of hydrogen-bond acceptors (Lipinski definition) is 4. The number of hydrogen-bond donors (Lipinski definition) is 1. The van der Waals surface area contributed by atoms with Crippen LogP contribution in [0.5, 0.6) is 0 Å². The quantitative estimate of drug-likeness (QED) is 0.661. The van der Waals surface area contributed by atoms with Gasteiger partial charge in [0.25, 0.3) is 0 Å². The summed E-state index contributed by atoms with van der Waals surface area (Å²) in [6.45, 7) is 2.98. The molecule has 0 aliphatic rings. The molecule has 6 heteroatoms. The molecule has 0 bridgehead atoms. The highest BCUT2D eigenvalue weighted by atomic mass is 31.0. The van der Waals surface area contributed by atoms with Gasteiger partial charge in [-0.25, -0.2) is 9.37 Å². The van der Waals surface area contributed by atoms with Gasteiger partial charge in [-0.2, -0.15) is 9.97 Å². The molecule has 66 valence electrons. The van der Waals surface area contributed by atoms with Gasteiger partial charge in [0.15, 0.2) is 11.2 Å². The number of anilines is 1. The molecule has 0 aliphatic carbocycles. The van der Waals surface area contributed by atoms with E-state index in [1.807, 2.05) is 9.24 Å². The summed E-state index contributed by atoms with van der Waals surface area (Å²) in [6, 6.07) is 0. The standard InChI is InChI=1S/C6H10FN4P/c1-3-9-4(6(2,7)12)11-5(8)10-3/h12H2,1-2H3,(H2,8,9,10,11). The molecule has 0 amide bonds. The Kier molecular flexibility index (Phi) is 2.24. The monoisotopic (exact) mass is 188 g/mol. The molecule has 0 saturated carbocycles. The van der Waals surface area contributed by atoms with Gasteiger partial charge in [0.05, 0.1) is 0 Å². The molecule has 2 unspecified atom stereocenters. The van der Waals surface area contributed by atoms with E-state index in [1.54, 1.807) is 6.92 Å². The van der Waals surface area contributed by atoms with Gasteiger partial charge in [-0.1, -0.05) is 9.24 Å². The summed E-state index contributed by atoms with van der Waals surface area (Å²) in [5.74, 6) is 0.505. The van der Waals surface area contributed by atoms with Crippen LogP contribution in [0.25, 0.3) is 0 Å². The molecule has 0 aromatic carbocycles. The van der Waals surface area contributed by atoms with Gasteiger partial charge in [-0.3, -0.25) is 0 Å². The molecule has 2 N–H and O–H groups in total. The average Bonchev–Trinajstić information content (AvgIpc) is 1.82. The van der Waals surface area contributed by atoms with Gasteiger partial charge in [-0.05, 0) is 13.8 Å². The van der Waals surface area contributed by atoms with E-state index >= 15 is 0 Å². The van der Waals surface area contributed by atoms with Gasteiger partial charge >= 0.3 is 0 Å². The second-order valence-corrected chi connectivity index (χ2v) is 3.72. The lowest BCUT2D eigenvalue weighted by Gasteiger charge is -2.11. The van der Waals surface area contributed by atoms with E-state index in [4.69, 9.17) is 5.73 Å². The van der Waals surface area contributed by atoms with Crippen LogP contribution in [0.1, 0.15) is 18.6 Å². The maximum Gasteiger partial charge on any atom is 0.223 e. The summed E-state index contributed by atoms with van der Waals surface area (Å²) in [7, 11) is 2.00. The van der Waals surface area contributed by atoms with Gasteiger partial charge in [0.2, 0.25) is 5.95 Å². The topological polar surface area (TPSA) is 64.7 Å². The summed E-state index contributed by atoms with van der Waals surface area (Å²) < 4.78 is 13.2. The molecule has 0 aliphatic heterocycles. The summed E-state index contributed by atoms with van der Waals surface area (Å²) in [5.41, 5.74) is 5.32. The molecule has 0 spiro atoms. The number of aromatic nitrogens is 3. The van der Waals surface area contributed by atoms with Crippen LogP contribution >= 0.6 is 9.24 Å². The maximum absolute atomic E-state index is 13.2. The predicted octanol–water partition coefficient (Wildman–Crippen LogP) is 0.780. The normalized spacial score (nSPS) is 15.7. The molecule has 1 rings (SSSR count). The first-order chi connectivity index (χ1) is 5.39. The third-order valence-corrected chi connectivity index (χ3v) is 1.46. The Balaban J connectivity index is 3.18. The Labute approximate surface area is 72.0 Å². The van der Waals surface area contributed by atoms with E-state index in [0.717, 1.165) is 0 Å². The highest BCUT2D eigenvalue weighted by Crippen LogP contribution is 2.29. The van der Waals surface area contributed by atoms with E-state index in [0.29, 0.717) is 5.82 Å². The number of halogens is 1. The molecule has 4 nitrogen and oxygen atoms in total. The fourth-order valence-corrected chi connectivity index (χ4v) is 0.850. The first kappa shape index (κ1) is 9.26. The zero-order chi connectivity index (χ0) is 9.35. The number of nitrogens with two attached hydrogens (primary N) is 1. The van der Waals surface area contributed by atoms with Crippen LogP contribution in [0.3, 0.4) is 0 Å². The van der Waals surface area contributed by atoms with Gasteiger partial charge in [-0.15, -0.1) is 0 Å². The number of nitrogen functional groups attached to an aromatic ring is 1. The van der Waals surface area contributed by atoms with E-state index in [1.165, 1.54) is 6.92 Å². The molecule has 0 radical (unpaired) electrons. The Morgan fingerprint density at radius 2 is 2.00 bits per heavy atom. The second-order valence-electron chi connectivity index (χ2n) is 2.64. The molecule has 1 aromatic heterocycles. The second kappa shape index (κ2) is 2.90. The fourth-order valence-electron chi connectivity index (χ4n) is 0.721. The van der Waals surface area contributed by atoms with Crippen LogP contribution in [0, 0.1) is 6.92 Å². The Bertz CT molecular complexity index is 276. The minimum absolute atomic E-state index is 0.0394. The van der Waals surface area contributed by atoms with Crippen molar-refractivity contribution >= 4 is 15.2 Å². The lowest BCUT2D eigenvalue weighted by Crippen LogP contribution is -2.14. The fraction of sp³-hybridized carbons (Fsp3) is 0.500. The van der Waals surface area contributed by atoms with Crippen LogP contribution in [-0.4, -0.2) is 15.0 Å². The minimum Gasteiger partial charge on any atom is -0.368 e. The lowest BCUT2D eigenvalue weighted by atomic mass is 10.4. The van der Waals surface area contributed by atoms with Crippen molar-refractivity contribution < 1.29 is 4.39 Å². The third kappa shape index (κ3) is 2.08. The highest BCUT2D eigenvalue weighted by Gasteiger charge is 2.23. The van der Waals surface area contributed by atoms with Crippen LogP contribution in [0.2, 0.25) is 0 Å². The molecule has 12 heavy (non-hydrogen) atoms. The molecular weight excluding hydrogens is 178 g/mol. The predicted molar refractivity (Wildman–Crippen MR) is 47.1 cm³/mol.